The van der Waals surface area contributed by atoms with Crippen molar-refractivity contribution in [3.63, 3.8) is 0 Å². The second-order valence-electron chi connectivity index (χ2n) is 5.79. The minimum Gasteiger partial charge on any atom is -0.419 e. The number of likely N-dealkylation sites (tertiary alicyclic amines) is 1. The van der Waals surface area contributed by atoms with Crippen molar-refractivity contribution in [1.82, 2.24) is 15.1 Å². The Balaban J connectivity index is 1.54. The average molecular weight is 309 g/mol. The molecule has 6 nitrogen and oxygen atoms in total. The number of rotatable bonds is 3. The molecule has 0 bridgehead atoms. The number of aromatic nitrogens is 2. The molecule has 2 aromatic rings. The van der Waals surface area contributed by atoms with Crippen LogP contribution in [0.5, 0.6) is 0 Å². The Morgan fingerprint density at radius 2 is 1.65 bits per heavy atom. The average Bonchev–Trinajstić information content (AvgIpc) is 3.16. The molecule has 1 aliphatic carbocycles. The fourth-order valence-electron chi connectivity index (χ4n) is 3.17. The molecule has 4 rings (SSSR count). The topological polar surface area (TPSA) is 76.3 Å². The van der Waals surface area contributed by atoms with E-state index >= 15 is 0 Å². The van der Waals surface area contributed by atoms with Crippen LogP contribution in [0.4, 0.5) is 0 Å². The van der Waals surface area contributed by atoms with Gasteiger partial charge in [-0.3, -0.25) is 14.5 Å². The highest BCUT2D eigenvalue weighted by atomic mass is 16.4. The third kappa shape index (κ3) is 2.36. The lowest BCUT2D eigenvalue weighted by Crippen LogP contribution is -2.30. The van der Waals surface area contributed by atoms with Crippen molar-refractivity contribution in [2.75, 3.05) is 0 Å². The highest BCUT2D eigenvalue weighted by Gasteiger charge is 2.47. The first-order chi connectivity index (χ1) is 11.2. The van der Waals surface area contributed by atoms with Crippen LogP contribution in [0, 0.1) is 11.8 Å². The lowest BCUT2D eigenvalue weighted by atomic mass is 9.85. The van der Waals surface area contributed by atoms with Crippen LogP contribution in [-0.2, 0) is 16.1 Å². The van der Waals surface area contributed by atoms with E-state index in [1.54, 1.807) is 0 Å². The van der Waals surface area contributed by atoms with Gasteiger partial charge in [-0.05, 0) is 25.0 Å². The third-order valence-corrected chi connectivity index (χ3v) is 4.38. The molecular weight excluding hydrogens is 294 g/mol. The maximum atomic E-state index is 12.4. The first kappa shape index (κ1) is 13.9. The summed E-state index contributed by atoms with van der Waals surface area (Å²) >= 11 is 0. The Hall–Kier alpha value is -2.76. The van der Waals surface area contributed by atoms with Crippen LogP contribution < -0.4 is 0 Å². The van der Waals surface area contributed by atoms with Crippen molar-refractivity contribution in [2.24, 2.45) is 11.8 Å². The lowest BCUT2D eigenvalue weighted by Gasteiger charge is -2.14. The summed E-state index contributed by atoms with van der Waals surface area (Å²) < 4.78 is 5.60. The summed E-state index contributed by atoms with van der Waals surface area (Å²) in [6.07, 6.45) is 5.20. The Morgan fingerprint density at radius 1 is 1.00 bits per heavy atom. The number of amides is 2. The SMILES string of the molecule is O=C1[C@H]2CC=CC[C@@H]2C(=O)N1Cc1nnc(-c2ccccc2)o1. The van der Waals surface area contributed by atoms with Gasteiger partial charge in [0, 0.05) is 5.56 Å². The maximum Gasteiger partial charge on any atom is 0.247 e. The number of nitrogens with zero attached hydrogens (tertiary/aromatic N) is 3. The van der Waals surface area contributed by atoms with Crippen LogP contribution in [0.25, 0.3) is 11.5 Å². The number of fused-ring (bicyclic) bond motifs is 1. The Bertz CT molecular complexity index is 755. The maximum absolute atomic E-state index is 12.4. The van der Waals surface area contributed by atoms with E-state index in [1.807, 2.05) is 42.5 Å². The number of carbonyl (C=O) groups is 2. The zero-order chi connectivity index (χ0) is 15.8. The molecule has 1 aliphatic heterocycles. The number of hydrogen-bond donors (Lipinski definition) is 0. The first-order valence-corrected chi connectivity index (χ1v) is 7.62. The van der Waals surface area contributed by atoms with Crippen LogP contribution in [0.2, 0.25) is 0 Å². The van der Waals surface area contributed by atoms with Crippen molar-refractivity contribution in [3.05, 3.63) is 48.4 Å². The van der Waals surface area contributed by atoms with Gasteiger partial charge in [0.15, 0.2) is 0 Å². The molecule has 1 saturated heterocycles. The van der Waals surface area contributed by atoms with Crippen molar-refractivity contribution in [3.8, 4) is 11.5 Å². The Labute approximate surface area is 132 Å². The summed E-state index contributed by atoms with van der Waals surface area (Å²) in [5.74, 6) is -0.0726. The van der Waals surface area contributed by atoms with E-state index in [0.29, 0.717) is 18.7 Å². The van der Waals surface area contributed by atoms with Crippen LogP contribution in [0.3, 0.4) is 0 Å². The van der Waals surface area contributed by atoms with Crippen LogP contribution in [0.15, 0.2) is 46.9 Å². The number of carbonyl (C=O) groups excluding carboxylic acids is 2. The van der Waals surface area contributed by atoms with E-state index in [2.05, 4.69) is 10.2 Å². The fraction of sp³-hybridized carbons (Fsp3) is 0.294. The van der Waals surface area contributed by atoms with Gasteiger partial charge in [-0.25, -0.2) is 0 Å². The molecule has 0 spiro atoms. The highest BCUT2D eigenvalue weighted by molar-refractivity contribution is 6.05. The Kier molecular flexibility index (Phi) is 3.29. The van der Waals surface area contributed by atoms with Crippen molar-refractivity contribution in [1.29, 1.82) is 0 Å². The summed E-state index contributed by atoms with van der Waals surface area (Å²) in [7, 11) is 0. The second-order valence-corrected chi connectivity index (χ2v) is 5.79. The molecule has 1 aromatic heterocycles. The van der Waals surface area contributed by atoms with Crippen molar-refractivity contribution < 1.29 is 14.0 Å². The Morgan fingerprint density at radius 3 is 2.30 bits per heavy atom. The minimum absolute atomic E-state index is 0.0461. The van der Waals surface area contributed by atoms with Crippen LogP contribution in [0.1, 0.15) is 18.7 Å². The summed E-state index contributed by atoms with van der Waals surface area (Å²) in [5.41, 5.74) is 0.809. The van der Waals surface area contributed by atoms with Gasteiger partial charge in [0.1, 0.15) is 6.54 Å². The first-order valence-electron chi connectivity index (χ1n) is 7.62. The molecule has 116 valence electrons. The van der Waals surface area contributed by atoms with Gasteiger partial charge in [-0.15, -0.1) is 10.2 Å². The van der Waals surface area contributed by atoms with E-state index in [4.69, 9.17) is 4.42 Å². The molecule has 0 unspecified atom stereocenters. The number of allylic oxidation sites excluding steroid dienone is 2. The second kappa shape index (κ2) is 5.46. The van der Waals surface area contributed by atoms with Crippen molar-refractivity contribution >= 4 is 11.8 Å². The fourth-order valence-corrected chi connectivity index (χ4v) is 3.17. The molecule has 0 saturated carbocycles. The molecule has 2 atom stereocenters. The lowest BCUT2D eigenvalue weighted by molar-refractivity contribution is -0.140. The molecule has 1 fully saturated rings. The van der Waals surface area contributed by atoms with Gasteiger partial charge in [0.25, 0.3) is 0 Å². The van der Waals surface area contributed by atoms with Gasteiger partial charge >= 0.3 is 0 Å². The molecule has 2 amide bonds. The predicted octanol–water partition coefficient (Wildman–Crippen LogP) is 2.19. The summed E-state index contributed by atoms with van der Waals surface area (Å²) in [4.78, 5) is 26.1. The molecular formula is C17H15N3O3. The monoisotopic (exact) mass is 309 g/mol. The number of imide groups is 1. The van der Waals surface area contributed by atoms with E-state index in [9.17, 15) is 9.59 Å². The largest absolute Gasteiger partial charge is 0.419 e. The van der Waals surface area contributed by atoms with E-state index in [1.165, 1.54) is 4.90 Å². The minimum atomic E-state index is -0.232. The summed E-state index contributed by atoms with van der Waals surface area (Å²) in [6.45, 7) is 0.0461. The summed E-state index contributed by atoms with van der Waals surface area (Å²) in [6, 6.07) is 9.39. The van der Waals surface area contributed by atoms with Gasteiger partial charge in [-0.1, -0.05) is 30.4 Å². The molecule has 0 N–H and O–H groups in total. The number of benzene rings is 1. The normalized spacial score (nSPS) is 23.4. The zero-order valence-corrected chi connectivity index (χ0v) is 12.4. The quantitative estimate of drug-likeness (QED) is 0.641. The highest BCUT2D eigenvalue weighted by Crippen LogP contribution is 2.35. The molecule has 6 heteroatoms. The molecule has 2 heterocycles. The van der Waals surface area contributed by atoms with E-state index in [0.717, 1.165) is 5.56 Å². The van der Waals surface area contributed by atoms with Gasteiger partial charge in [-0.2, -0.15) is 0 Å². The third-order valence-electron chi connectivity index (χ3n) is 4.38. The van der Waals surface area contributed by atoms with Gasteiger partial charge in [0.05, 0.1) is 11.8 Å². The molecule has 0 radical (unpaired) electrons. The van der Waals surface area contributed by atoms with Crippen molar-refractivity contribution in [2.45, 2.75) is 19.4 Å². The van der Waals surface area contributed by atoms with E-state index in [-0.39, 0.29) is 36.1 Å². The van der Waals surface area contributed by atoms with Crippen LogP contribution in [-0.4, -0.2) is 26.9 Å². The molecule has 1 aromatic carbocycles. The number of hydrogen-bond acceptors (Lipinski definition) is 5. The van der Waals surface area contributed by atoms with Crippen LogP contribution >= 0.6 is 0 Å². The zero-order valence-electron chi connectivity index (χ0n) is 12.4. The van der Waals surface area contributed by atoms with E-state index < -0.39 is 0 Å². The summed E-state index contributed by atoms with van der Waals surface area (Å²) in [5, 5.41) is 7.95. The van der Waals surface area contributed by atoms with Gasteiger partial charge < -0.3 is 4.42 Å². The standard InChI is InChI=1S/C17H15N3O3/c21-16-12-8-4-5-9-13(12)17(22)20(16)10-14-18-19-15(23-14)11-6-2-1-3-7-11/h1-7,12-13H,8-10H2/t12-,13-/m0/s1. The molecule has 2 aliphatic rings. The smallest absolute Gasteiger partial charge is 0.247 e. The van der Waals surface area contributed by atoms with Gasteiger partial charge in [0.2, 0.25) is 23.6 Å². The molecule has 23 heavy (non-hydrogen) atoms. The predicted molar refractivity (Wildman–Crippen MR) is 80.6 cm³/mol.